The van der Waals surface area contributed by atoms with Gasteiger partial charge in [-0.1, -0.05) is 42.4 Å². The first-order valence-corrected chi connectivity index (χ1v) is 7.93. The molecule has 2 heteroatoms. The molecule has 0 radical (unpaired) electrons. The molecule has 1 nitrogen and oxygen atoms in total. The quantitative estimate of drug-likeness (QED) is 0.555. The molecule has 2 fully saturated rings. The predicted molar refractivity (Wildman–Crippen MR) is 72.6 cm³/mol. The topological polar surface area (TPSA) is 9.23 Å². The smallest absolute Gasteiger partial charge is 0.0752 e. The number of hydrogen-bond donors (Lipinski definition) is 0. The van der Waals surface area contributed by atoms with E-state index in [2.05, 4.69) is 36.4 Å². The first-order valence-electron chi connectivity index (χ1n) is 6.40. The van der Waals surface area contributed by atoms with Gasteiger partial charge in [0.15, 0.2) is 0 Å². The zero-order valence-corrected chi connectivity index (χ0v) is 12.2. The summed E-state index contributed by atoms with van der Waals surface area (Å²) in [6, 6.07) is 0. The summed E-state index contributed by atoms with van der Waals surface area (Å²) in [5.41, 5.74) is 0.412. The summed E-state index contributed by atoms with van der Waals surface area (Å²) in [4.78, 5) is 0. The van der Waals surface area contributed by atoms with Crippen molar-refractivity contribution < 1.29 is 4.74 Å². The second-order valence-corrected chi connectivity index (χ2v) is 6.35. The number of hydrogen-bond acceptors (Lipinski definition) is 1. The summed E-state index contributed by atoms with van der Waals surface area (Å²) in [6.45, 7) is 4.61. The molecule has 2 atom stereocenters. The largest absolute Gasteiger partial charge is 0.368 e. The van der Waals surface area contributed by atoms with Crippen molar-refractivity contribution in [3.63, 3.8) is 0 Å². The van der Waals surface area contributed by atoms with Gasteiger partial charge < -0.3 is 4.74 Å². The Morgan fingerprint density at radius 3 is 2.40 bits per heavy atom. The van der Waals surface area contributed by atoms with Crippen LogP contribution in [0.1, 0.15) is 58.8 Å². The summed E-state index contributed by atoms with van der Waals surface area (Å²) >= 11 is 2.48. The minimum absolute atomic E-state index is 0.166. The maximum atomic E-state index is 6.51. The van der Waals surface area contributed by atoms with Crippen molar-refractivity contribution in [2.24, 2.45) is 5.92 Å². The first-order chi connectivity index (χ1) is 7.14. The fraction of sp³-hybridized carbons (Fsp3) is 1.00. The maximum Gasteiger partial charge on any atom is 0.0752 e. The average molecular weight is 322 g/mol. The second kappa shape index (κ2) is 4.52. The highest BCUT2D eigenvalue weighted by atomic mass is 127. The van der Waals surface area contributed by atoms with E-state index in [0.717, 1.165) is 10.3 Å². The van der Waals surface area contributed by atoms with Crippen molar-refractivity contribution in [1.29, 1.82) is 0 Å². The highest BCUT2D eigenvalue weighted by Gasteiger charge is 2.49. The third-order valence-corrected chi connectivity index (χ3v) is 6.12. The Kier molecular flexibility index (Phi) is 3.66. The Bertz CT molecular complexity index is 225. The standard InChI is InChI=1S/C13H23IO/c1-3-13(11-6-4-5-7-11)9-8-12(2,10-14)15-13/h11H,3-10H2,1-2H3. The van der Waals surface area contributed by atoms with Crippen LogP contribution < -0.4 is 0 Å². The molecule has 2 aliphatic rings. The van der Waals surface area contributed by atoms with Gasteiger partial charge in [0.2, 0.25) is 0 Å². The lowest BCUT2D eigenvalue weighted by Crippen LogP contribution is -2.39. The van der Waals surface area contributed by atoms with E-state index in [9.17, 15) is 0 Å². The van der Waals surface area contributed by atoms with Crippen molar-refractivity contribution in [2.75, 3.05) is 4.43 Å². The van der Waals surface area contributed by atoms with Crippen LogP contribution in [-0.4, -0.2) is 15.6 Å². The van der Waals surface area contributed by atoms with Crippen LogP contribution in [0.15, 0.2) is 0 Å². The molecule has 1 aliphatic carbocycles. The van der Waals surface area contributed by atoms with Gasteiger partial charge in [-0.25, -0.2) is 0 Å². The molecule has 88 valence electrons. The highest BCUT2D eigenvalue weighted by Crippen LogP contribution is 2.49. The van der Waals surface area contributed by atoms with E-state index in [1.165, 1.54) is 44.9 Å². The normalized spacial score (nSPS) is 42.6. The fourth-order valence-corrected chi connectivity index (χ4v) is 3.98. The Balaban J connectivity index is 2.10. The SMILES string of the molecule is CCC1(C2CCCC2)CCC(C)(CI)O1. The molecule has 1 aliphatic heterocycles. The van der Waals surface area contributed by atoms with Crippen molar-refractivity contribution in [3.8, 4) is 0 Å². The van der Waals surface area contributed by atoms with Gasteiger partial charge in [-0.2, -0.15) is 0 Å². The van der Waals surface area contributed by atoms with E-state index in [1.807, 2.05) is 0 Å². The minimum atomic E-state index is 0.166. The molecule has 0 amide bonds. The Morgan fingerprint density at radius 1 is 1.27 bits per heavy atom. The third-order valence-electron chi connectivity index (χ3n) is 4.51. The molecule has 0 aromatic rings. The van der Waals surface area contributed by atoms with Crippen molar-refractivity contribution >= 4 is 22.6 Å². The van der Waals surface area contributed by atoms with Crippen LogP contribution in [0.5, 0.6) is 0 Å². The predicted octanol–water partition coefficient (Wildman–Crippen LogP) is 4.33. The van der Waals surface area contributed by atoms with Gasteiger partial charge in [-0.15, -0.1) is 0 Å². The van der Waals surface area contributed by atoms with Gasteiger partial charge in [0, 0.05) is 4.43 Å². The number of ether oxygens (including phenoxy) is 1. The van der Waals surface area contributed by atoms with Crippen LogP contribution in [0.25, 0.3) is 0 Å². The Labute approximate surface area is 107 Å². The van der Waals surface area contributed by atoms with Gasteiger partial charge in [0.25, 0.3) is 0 Å². The molecule has 0 N–H and O–H groups in total. The van der Waals surface area contributed by atoms with Crippen molar-refractivity contribution in [2.45, 2.75) is 70.0 Å². The van der Waals surface area contributed by atoms with Crippen LogP contribution in [0.4, 0.5) is 0 Å². The fourth-order valence-electron chi connectivity index (χ4n) is 3.44. The zero-order valence-electron chi connectivity index (χ0n) is 10.0. The maximum absolute atomic E-state index is 6.51. The molecule has 0 aromatic carbocycles. The molecule has 1 saturated carbocycles. The van der Waals surface area contributed by atoms with Crippen LogP contribution in [0.3, 0.4) is 0 Å². The molecule has 2 rings (SSSR count). The third kappa shape index (κ3) is 2.21. The average Bonchev–Trinajstić information content (AvgIpc) is 2.86. The number of alkyl halides is 1. The van der Waals surface area contributed by atoms with Crippen molar-refractivity contribution in [3.05, 3.63) is 0 Å². The first kappa shape index (κ1) is 12.2. The molecule has 2 unspecified atom stereocenters. The van der Waals surface area contributed by atoms with Crippen LogP contribution >= 0.6 is 22.6 Å². The molecule has 0 spiro atoms. The number of halogens is 1. The van der Waals surface area contributed by atoms with E-state index in [-0.39, 0.29) is 11.2 Å². The summed E-state index contributed by atoms with van der Waals surface area (Å²) in [5.74, 6) is 0.854. The lowest BCUT2D eigenvalue weighted by Gasteiger charge is -2.37. The molecular formula is C13H23IO. The molecule has 1 saturated heterocycles. The van der Waals surface area contributed by atoms with E-state index < -0.39 is 0 Å². The van der Waals surface area contributed by atoms with Gasteiger partial charge in [0.05, 0.1) is 11.2 Å². The monoisotopic (exact) mass is 322 g/mol. The Hall–Kier alpha value is 0.690. The van der Waals surface area contributed by atoms with Gasteiger partial charge in [-0.3, -0.25) is 0 Å². The summed E-state index contributed by atoms with van der Waals surface area (Å²) in [6.07, 6.45) is 9.45. The van der Waals surface area contributed by atoms with E-state index in [4.69, 9.17) is 4.74 Å². The molecular weight excluding hydrogens is 299 g/mol. The van der Waals surface area contributed by atoms with E-state index in [1.54, 1.807) is 0 Å². The summed E-state index contributed by atoms with van der Waals surface area (Å²) in [5, 5.41) is 0. The summed E-state index contributed by atoms with van der Waals surface area (Å²) in [7, 11) is 0. The van der Waals surface area contributed by atoms with Crippen LogP contribution in [-0.2, 0) is 4.74 Å². The van der Waals surface area contributed by atoms with Gasteiger partial charge in [0.1, 0.15) is 0 Å². The van der Waals surface area contributed by atoms with E-state index >= 15 is 0 Å². The lowest BCUT2D eigenvalue weighted by atomic mass is 9.81. The molecule has 15 heavy (non-hydrogen) atoms. The summed E-state index contributed by atoms with van der Waals surface area (Å²) < 4.78 is 7.65. The second-order valence-electron chi connectivity index (χ2n) is 5.59. The van der Waals surface area contributed by atoms with Gasteiger partial charge >= 0.3 is 0 Å². The van der Waals surface area contributed by atoms with Gasteiger partial charge in [-0.05, 0) is 44.9 Å². The van der Waals surface area contributed by atoms with E-state index in [0.29, 0.717) is 0 Å². The van der Waals surface area contributed by atoms with Crippen LogP contribution in [0, 0.1) is 5.92 Å². The van der Waals surface area contributed by atoms with Crippen LogP contribution in [0.2, 0.25) is 0 Å². The molecule has 1 heterocycles. The number of rotatable bonds is 3. The highest BCUT2D eigenvalue weighted by molar-refractivity contribution is 14.1. The molecule has 0 aromatic heterocycles. The Morgan fingerprint density at radius 2 is 1.93 bits per heavy atom. The zero-order chi connectivity index (χ0) is 10.9. The lowest BCUT2D eigenvalue weighted by molar-refractivity contribution is -0.114. The van der Waals surface area contributed by atoms with Crippen molar-refractivity contribution in [1.82, 2.24) is 0 Å². The minimum Gasteiger partial charge on any atom is -0.368 e. The molecule has 0 bridgehead atoms.